The number of fused-ring (bicyclic) bond motifs is 3. The van der Waals surface area contributed by atoms with Crippen molar-refractivity contribution >= 4 is 29.2 Å². The van der Waals surface area contributed by atoms with Gasteiger partial charge in [0, 0.05) is 28.4 Å². The molecule has 40 heavy (non-hydrogen) atoms. The highest BCUT2D eigenvalue weighted by Gasteiger charge is 2.51. The lowest BCUT2D eigenvalue weighted by atomic mass is 9.78. The number of benzene rings is 2. The van der Waals surface area contributed by atoms with Crippen molar-refractivity contribution in [2.75, 3.05) is 17.2 Å². The molecular formula is C30H27F3N4O3. The molecule has 0 bridgehead atoms. The lowest BCUT2D eigenvalue weighted by Gasteiger charge is -2.43. The molecule has 1 fully saturated rings. The molecule has 3 aromatic rings. The minimum absolute atomic E-state index is 0.107. The van der Waals surface area contributed by atoms with E-state index in [0.717, 1.165) is 28.8 Å². The first-order valence-electron chi connectivity index (χ1n) is 13.1. The highest BCUT2D eigenvalue weighted by molar-refractivity contribution is 6.06. The smallest absolute Gasteiger partial charge is 0.244 e. The maximum absolute atomic E-state index is 14.7. The summed E-state index contributed by atoms with van der Waals surface area (Å²) in [6.07, 6.45) is 3.28. The van der Waals surface area contributed by atoms with Crippen molar-refractivity contribution in [3.05, 3.63) is 88.4 Å². The third kappa shape index (κ3) is 4.04. The number of carbonyl (C=O) groups is 3. The Morgan fingerprint density at radius 2 is 1.85 bits per heavy atom. The second-order valence-corrected chi connectivity index (χ2v) is 11.5. The van der Waals surface area contributed by atoms with Crippen LogP contribution in [0.5, 0.6) is 0 Å². The number of piperidine rings is 1. The zero-order chi connectivity index (χ0) is 28.4. The van der Waals surface area contributed by atoms with Gasteiger partial charge in [0.15, 0.2) is 17.5 Å². The number of rotatable bonds is 4. The summed E-state index contributed by atoms with van der Waals surface area (Å²) in [6, 6.07) is 10.2. The summed E-state index contributed by atoms with van der Waals surface area (Å²) < 4.78 is 42.3. The number of hydrogen-bond acceptors (Lipinski definition) is 4. The van der Waals surface area contributed by atoms with Gasteiger partial charge in [-0.15, -0.1) is 0 Å². The van der Waals surface area contributed by atoms with Crippen LogP contribution < -0.4 is 10.6 Å². The molecule has 7 nitrogen and oxygen atoms in total. The number of nitrogens with one attached hydrogen (secondary N) is 2. The Hall–Kier alpha value is -4.21. The summed E-state index contributed by atoms with van der Waals surface area (Å²) >= 11 is 0. The molecule has 1 unspecified atom stereocenters. The summed E-state index contributed by atoms with van der Waals surface area (Å²) in [4.78, 5) is 45.0. The third-order valence-corrected chi connectivity index (χ3v) is 8.46. The van der Waals surface area contributed by atoms with Crippen molar-refractivity contribution in [3.8, 4) is 0 Å². The van der Waals surface area contributed by atoms with Crippen LogP contribution in [0.1, 0.15) is 55.0 Å². The van der Waals surface area contributed by atoms with Gasteiger partial charge in [0.2, 0.25) is 17.7 Å². The van der Waals surface area contributed by atoms with E-state index in [9.17, 15) is 27.6 Å². The Morgan fingerprint density at radius 3 is 2.65 bits per heavy atom. The van der Waals surface area contributed by atoms with Crippen LogP contribution in [0.15, 0.2) is 48.7 Å². The highest BCUT2D eigenvalue weighted by atomic mass is 19.2. The van der Waals surface area contributed by atoms with Gasteiger partial charge in [0.1, 0.15) is 12.4 Å². The van der Waals surface area contributed by atoms with Gasteiger partial charge < -0.3 is 15.5 Å². The molecule has 0 saturated carbocycles. The minimum Gasteiger partial charge on any atom is -0.326 e. The molecule has 2 N–H and O–H groups in total. The average Bonchev–Trinajstić information content (AvgIpc) is 3.43. The first kappa shape index (κ1) is 26.0. The van der Waals surface area contributed by atoms with E-state index in [1.165, 1.54) is 4.90 Å². The second-order valence-electron chi connectivity index (χ2n) is 11.5. The third-order valence-electron chi connectivity index (χ3n) is 8.46. The molecule has 2 aliphatic heterocycles. The number of halogens is 3. The van der Waals surface area contributed by atoms with Crippen molar-refractivity contribution in [1.82, 2.24) is 9.88 Å². The van der Waals surface area contributed by atoms with E-state index in [2.05, 4.69) is 15.6 Å². The molecule has 10 heteroatoms. The molecule has 3 amide bonds. The number of carbonyl (C=O) groups excluding carboxylic acids is 3. The SMILES string of the molecule is CC1(C)CCC(c2ccc(F)c(F)c2F)N(CC(=O)Nc2ccc3c(c2)C[C@@]2(C3)C(=O)Nc3ncccc32)C1=O. The second kappa shape index (κ2) is 9.18. The topological polar surface area (TPSA) is 91.4 Å². The standard InChI is InChI=1S/C30H27F3N4O3/c1-29(2)10-9-22(19-7-8-21(31)25(33)24(19)32)37(28(29)40)15-23(38)35-18-6-5-16-13-30(14-17(16)12-18)20-4-3-11-34-26(20)36-27(30)39/h3-8,11-12,22H,9-10,13-15H2,1-2H3,(H,35,38)(H,34,36,39)/t22?,30-/m1/s1. The quantitative estimate of drug-likeness (QED) is 0.458. The van der Waals surface area contributed by atoms with Crippen LogP contribution in [-0.4, -0.2) is 34.2 Å². The molecule has 0 radical (unpaired) electrons. The normalized spacial score (nSPS) is 22.7. The average molecular weight is 549 g/mol. The van der Waals surface area contributed by atoms with E-state index in [1.54, 1.807) is 32.2 Å². The fourth-order valence-electron chi connectivity index (χ4n) is 6.29. The molecule has 3 heterocycles. The summed E-state index contributed by atoms with van der Waals surface area (Å²) in [7, 11) is 0. The largest absolute Gasteiger partial charge is 0.326 e. The molecule has 1 aliphatic carbocycles. The molecule has 2 atom stereocenters. The zero-order valence-electron chi connectivity index (χ0n) is 22.0. The van der Waals surface area contributed by atoms with E-state index in [0.29, 0.717) is 30.8 Å². The number of pyridine rings is 1. The molecule has 2 aromatic carbocycles. The van der Waals surface area contributed by atoms with Gasteiger partial charge in [-0.2, -0.15) is 0 Å². The van der Waals surface area contributed by atoms with Crippen LogP contribution >= 0.6 is 0 Å². The number of amides is 3. The molecule has 206 valence electrons. The summed E-state index contributed by atoms with van der Waals surface area (Å²) in [5.74, 6) is -4.72. The van der Waals surface area contributed by atoms with Gasteiger partial charge in [0.25, 0.3) is 0 Å². The zero-order valence-corrected chi connectivity index (χ0v) is 22.0. The molecule has 1 spiro atoms. The van der Waals surface area contributed by atoms with Gasteiger partial charge >= 0.3 is 0 Å². The number of anilines is 2. The van der Waals surface area contributed by atoms with Gasteiger partial charge in [-0.3, -0.25) is 14.4 Å². The minimum atomic E-state index is -1.61. The Kier molecular flexibility index (Phi) is 5.97. The number of likely N-dealkylation sites (tertiary alicyclic amines) is 1. The van der Waals surface area contributed by atoms with Gasteiger partial charge in [-0.05, 0) is 61.1 Å². The molecular weight excluding hydrogens is 521 g/mol. The number of aromatic nitrogens is 1. The predicted octanol–water partition coefficient (Wildman–Crippen LogP) is 4.82. The Bertz CT molecular complexity index is 1590. The van der Waals surface area contributed by atoms with E-state index in [-0.39, 0.29) is 23.8 Å². The van der Waals surface area contributed by atoms with Crippen LogP contribution in [-0.2, 0) is 32.6 Å². The fourth-order valence-corrected chi connectivity index (χ4v) is 6.29. The van der Waals surface area contributed by atoms with E-state index in [4.69, 9.17) is 0 Å². The van der Waals surface area contributed by atoms with Gasteiger partial charge in [-0.1, -0.05) is 32.0 Å². The Morgan fingerprint density at radius 1 is 1.07 bits per heavy atom. The number of hydrogen-bond donors (Lipinski definition) is 2. The van der Waals surface area contributed by atoms with Crippen molar-refractivity contribution in [1.29, 1.82) is 0 Å². The first-order valence-corrected chi connectivity index (χ1v) is 13.1. The molecule has 6 rings (SSSR count). The van der Waals surface area contributed by atoms with Crippen molar-refractivity contribution in [3.63, 3.8) is 0 Å². The van der Waals surface area contributed by atoms with Crippen LogP contribution in [0.4, 0.5) is 24.7 Å². The Balaban J connectivity index is 1.23. The van der Waals surface area contributed by atoms with E-state index in [1.807, 2.05) is 18.2 Å². The molecule has 1 aromatic heterocycles. The van der Waals surface area contributed by atoms with Crippen LogP contribution in [0, 0.1) is 22.9 Å². The number of nitrogens with zero attached hydrogens (tertiary/aromatic N) is 2. The summed E-state index contributed by atoms with van der Waals surface area (Å²) in [5.41, 5.74) is 1.53. The van der Waals surface area contributed by atoms with Crippen molar-refractivity contribution in [2.45, 2.75) is 51.0 Å². The van der Waals surface area contributed by atoms with Crippen LogP contribution in [0.3, 0.4) is 0 Å². The van der Waals surface area contributed by atoms with Crippen LogP contribution in [0.2, 0.25) is 0 Å². The summed E-state index contributed by atoms with van der Waals surface area (Å²) in [6.45, 7) is 3.08. The fraction of sp³-hybridized carbons (Fsp3) is 0.333. The highest BCUT2D eigenvalue weighted by Crippen LogP contribution is 2.47. The lowest BCUT2D eigenvalue weighted by molar-refractivity contribution is -0.150. The van der Waals surface area contributed by atoms with Crippen molar-refractivity contribution < 1.29 is 27.6 Å². The van der Waals surface area contributed by atoms with E-state index < -0.39 is 46.8 Å². The first-order chi connectivity index (χ1) is 19.0. The lowest BCUT2D eigenvalue weighted by Crippen LogP contribution is -2.50. The van der Waals surface area contributed by atoms with Crippen LogP contribution in [0.25, 0.3) is 0 Å². The predicted molar refractivity (Wildman–Crippen MR) is 141 cm³/mol. The maximum atomic E-state index is 14.7. The van der Waals surface area contributed by atoms with Crippen molar-refractivity contribution in [2.24, 2.45) is 5.41 Å². The van der Waals surface area contributed by atoms with Gasteiger partial charge in [0.05, 0.1) is 11.5 Å². The summed E-state index contributed by atoms with van der Waals surface area (Å²) in [5, 5.41) is 5.68. The molecule has 1 saturated heterocycles. The molecule has 3 aliphatic rings. The monoisotopic (exact) mass is 548 g/mol. The Labute approximate surface area is 228 Å². The van der Waals surface area contributed by atoms with Gasteiger partial charge in [-0.25, -0.2) is 18.2 Å². The van der Waals surface area contributed by atoms with E-state index >= 15 is 0 Å². The maximum Gasteiger partial charge on any atom is 0.244 e.